The number of furan rings is 1. The van der Waals surface area contributed by atoms with Crippen molar-refractivity contribution in [2.24, 2.45) is 0 Å². The molecule has 1 fully saturated rings. The highest BCUT2D eigenvalue weighted by molar-refractivity contribution is 7.87. The molecule has 1 unspecified atom stereocenters. The van der Waals surface area contributed by atoms with Gasteiger partial charge in [-0.3, -0.25) is 0 Å². The highest BCUT2D eigenvalue weighted by Crippen LogP contribution is 2.17. The minimum Gasteiger partial charge on any atom is -0.468 e. The Kier molecular flexibility index (Phi) is 4.39. The second-order valence-electron chi connectivity index (χ2n) is 4.33. The molecule has 2 rings (SSSR count). The fourth-order valence-electron chi connectivity index (χ4n) is 2.03. The Bertz CT molecular complexity index is 451. The van der Waals surface area contributed by atoms with Crippen molar-refractivity contribution in [2.75, 3.05) is 19.7 Å². The number of nitrogens with one attached hydrogen (secondary N) is 1. The molecule has 1 saturated heterocycles. The van der Waals surface area contributed by atoms with Crippen molar-refractivity contribution in [1.29, 1.82) is 0 Å². The second kappa shape index (κ2) is 5.83. The number of piperidine rings is 1. The van der Waals surface area contributed by atoms with Crippen molar-refractivity contribution in [3.63, 3.8) is 0 Å². The number of nitrogens with zero attached hydrogens (tertiary/aromatic N) is 1. The van der Waals surface area contributed by atoms with Crippen LogP contribution in [0.4, 0.5) is 0 Å². The van der Waals surface area contributed by atoms with Gasteiger partial charge in [0.15, 0.2) is 0 Å². The molecule has 1 aliphatic heterocycles. The van der Waals surface area contributed by atoms with E-state index >= 15 is 0 Å². The van der Waals surface area contributed by atoms with Crippen LogP contribution < -0.4 is 4.72 Å². The van der Waals surface area contributed by atoms with Crippen molar-refractivity contribution >= 4 is 10.2 Å². The number of aliphatic hydroxyl groups is 1. The lowest BCUT2D eigenvalue weighted by Crippen LogP contribution is -2.45. The van der Waals surface area contributed by atoms with E-state index in [0.29, 0.717) is 18.8 Å². The Morgan fingerprint density at radius 1 is 1.39 bits per heavy atom. The van der Waals surface area contributed by atoms with Crippen LogP contribution in [0.2, 0.25) is 0 Å². The van der Waals surface area contributed by atoms with Crippen molar-refractivity contribution in [3.8, 4) is 0 Å². The quantitative estimate of drug-likeness (QED) is 0.825. The fraction of sp³-hybridized carbons (Fsp3) is 0.636. The van der Waals surface area contributed by atoms with Gasteiger partial charge in [0, 0.05) is 13.1 Å². The summed E-state index contributed by atoms with van der Waals surface area (Å²) in [6.45, 7) is 0.734. The molecule has 1 aromatic heterocycles. The van der Waals surface area contributed by atoms with Gasteiger partial charge >= 0.3 is 0 Å². The van der Waals surface area contributed by atoms with E-state index < -0.39 is 16.3 Å². The molecule has 2 heterocycles. The topological polar surface area (TPSA) is 82.8 Å². The van der Waals surface area contributed by atoms with Crippen molar-refractivity contribution < 1.29 is 17.9 Å². The average Bonchev–Trinajstić information content (AvgIpc) is 2.91. The molecule has 0 saturated carbocycles. The maximum Gasteiger partial charge on any atom is 0.280 e. The Hall–Kier alpha value is -0.890. The molecule has 6 nitrogen and oxygen atoms in total. The highest BCUT2D eigenvalue weighted by Gasteiger charge is 2.27. The summed E-state index contributed by atoms with van der Waals surface area (Å²) < 4.78 is 33.2. The highest BCUT2D eigenvalue weighted by atomic mass is 32.2. The Balaban J connectivity index is 2.06. The molecular weight excluding hydrogens is 256 g/mol. The van der Waals surface area contributed by atoms with Gasteiger partial charge in [0.05, 0.1) is 12.9 Å². The standard InChI is InChI=1S/C11H18N2O4S/c14-9-10(11-5-4-8-17-11)12-18(15,16)13-6-2-1-3-7-13/h4-5,8,10,12,14H,1-3,6-7,9H2. The Morgan fingerprint density at radius 2 is 2.11 bits per heavy atom. The number of rotatable bonds is 5. The summed E-state index contributed by atoms with van der Waals surface area (Å²) in [5, 5.41) is 9.25. The van der Waals surface area contributed by atoms with E-state index in [1.54, 1.807) is 12.1 Å². The molecule has 1 atom stereocenters. The Morgan fingerprint density at radius 3 is 2.67 bits per heavy atom. The first-order valence-corrected chi connectivity index (χ1v) is 7.49. The molecule has 0 amide bonds. The summed E-state index contributed by atoms with van der Waals surface area (Å²) in [5.41, 5.74) is 0. The van der Waals surface area contributed by atoms with Crippen LogP contribution in [-0.4, -0.2) is 37.5 Å². The third-order valence-corrected chi connectivity index (χ3v) is 4.64. The minimum atomic E-state index is -3.56. The summed E-state index contributed by atoms with van der Waals surface area (Å²) in [5.74, 6) is 0.415. The van der Waals surface area contributed by atoms with Crippen LogP contribution in [0.3, 0.4) is 0 Å². The lowest BCUT2D eigenvalue weighted by molar-refractivity contribution is 0.237. The molecule has 0 aromatic carbocycles. The minimum absolute atomic E-state index is 0.333. The maximum absolute atomic E-state index is 12.1. The van der Waals surface area contributed by atoms with Crippen molar-refractivity contribution in [3.05, 3.63) is 24.2 Å². The molecule has 0 aliphatic carbocycles. The largest absolute Gasteiger partial charge is 0.468 e. The van der Waals surface area contributed by atoms with E-state index in [2.05, 4.69) is 4.72 Å². The molecule has 0 spiro atoms. The summed E-state index contributed by atoms with van der Waals surface area (Å²) in [4.78, 5) is 0. The van der Waals surface area contributed by atoms with E-state index in [4.69, 9.17) is 4.42 Å². The van der Waals surface area contributed by atoms with Gasteiger partial charge in [0.1, 0.15) is 11.8 Å². The van der Waals surface area contributed by atoms with Crippen molar-refractivity contribution in [1.82, 2.24) is 9.03 Å². The van der Waals surface area contributed by atoms with Crippen LogP contribution >= 0.6 is 0 Å². The third kappa shape index (κ3) is 3.11. The molecule has 2 N–H and O–H groups in total. The third-order valence-electron chi connectivity index (χ3n) is 3.02. The monoisotopic (exact) mass is 274 g/mol. The van der Waals surface area contributed by atoms with Gasteiger partial charge in [0.2, 0.25) is 0 Å². The van der Waals surface area contributed by atoms with Gasteiger partial charge in [-0.15, -0.1) is 0 Å². The average molecular weight is 274 g/mol. The van der Waals surface area contributed by atoms with Gasteiger partial charge in [-0.2, -0.15) is 17.4 Å². The van der Waals surface area contributed by atoms with E-state index in [-0.39, 0.29) is 6.61 Å². The lowest BCUT2D eigenvalue weighted by atomic mass is 10.2. The Labute approximate surface area is 107 Å². The number of hydrogen-bond donors (Lipinski definition) is 2. The predicted octanol–water partition coefficient (Wildman–Crippen LogP) is 0.633. The van der Waals surface area contributed by atoms with Crippen LogP contribution in [-0.2, 0) is 10.2 Å². The molecule has 0 radical (unpaired) electrons. The van der Waals surface area contributed by atoms with Crippen LogP contribution in [0.15, 0.2) is 22.8 Å². The van der Waals surface area contributed by atoms with Crippen LogP contribution in [0.25, 0.3) is 0 Å². The van der Waals surface area contributed by atoms with Gasteiger partial charge in [-0.1, -0.05) is 6.42 Å². The van der Waals surface area contributed by atoms with Gasteiger partial charge in [-0.05, 0) is 25.0 Å². The molecule has 0 bridgehead atoms. The molecular formula is C11H18N2O4S. The first-order chi connectivity index (χ1) is 8.63. The fourth-order valence-corrected chi connectivity index (χ4v) is 3.47. The summed E-state index contributed by atoms with van der Waals surface area (Å²) in [6.07, 6.45) is 4.28. The SMILES string of the molecule is O=S(=O)(NC(CO)c1ccco1)N1CCCCC1. The van der Waals surface area contributed by atoms with Crippen LogP contribution in [0.5, 0.6) is 0 Å². The molecule has 102 valence electrons. The number of aliphatic hydroxyl groups excluding tert-OH is 1. The smallest absolute Gasteiger partial charge is 0.280 e. The van der Waals surface area contributed by atoms with E-state index in [0.717, 1.165) is 19.3 Å². The zero-order valence-corrected chi connectivity index (χ0v) is 10.9. The maximum atomic E-state index is 12.1. The van der Waals surface area contributed by atoms with Crippen molar-refractivity contribution in [2.45, 2.75) is 25.3 Å². The first-order valence-electron chi connectivity index (χ1n) is 6.05. The molecule has 1 aliphatic rings. The first kappa shape index (κ1) is 13.5. The zero-order valence-electron chi connectivity index (χ0n) is 10.1. The van der Waals surface area contributed by atoms with E-state index in [1.807, 2.05) is 0 Å². The second-order valence-corrected chi connectivity index (χ2v) is 6.04. The normalized spacial score (nSPS) is 19.8. The summed E-state index contributed by atoms with van der Waals surface area (Å²) in [6, 6.07) is 2.57. The molecule has 7 heteroatoms. The van der Waals surface area contributed by atoms with Crippen LogP contribution in [0.1, 0.15) is 31.1 Å². The van der Waals surface area contributed by atoms with Gasteiger partial charge in [-0.25, -0.2) is 0 Å². The zero-order chi connectivity index (χ0) is 13.0. The summed E-state index contributed by atoms with van der Waals surface area (Å²) in [7, 11) is -3.56. The van der Waals surface area contributed by atoms with E-state index in [1.165, 1.54) is 10.6 Å². The summed E-state index contributed by atoms with van der Waals surface area (Å²) >= 11 is 0. The number of hydrogen-bond acceptors (Lipinski definition) is 4. The predicted molar refractivity (Wildman–Crippen MR) is 66.0 cm³/mol. The van der Waals surface area contributed by atoms with Crippen LogP contribution in [0, 0.1) is 0 Å². The van der Waals surface area contributed by atoms with E-state index in [9.17, 15) is 13.5 Å². The molecule has 1 aromatic rings. The van der Waals surface area contributed by atoms with Gasteiger partial charge < -0.3 is 9.52 Å². The van der Waals surface area contributed by atoms with Gasteiger partial charge in [0.25, 0.3) is 10.2 Å². The lowest BCUT2D eigenvalue weighted by Gasteiger charge is -2.27. The molecule has 18 heavy (non-hydrogen) atoms.